The molecule has 0 radical (unpaired) electrons. The lowest BCUT2D eigenvalue weighted by atomic mass is 10.1. The van der Waals surface area contributed by atoms with E-state index in [-0.39, 0.29) is 17.1 Å². The fraction of sp³-hybridized carbons (Fsp3) is 0.0625. The number of alkyl halides is 3. The molecule has 1 aromatic heterocycles. The van der Waals surface area contributed by atoms with E-state index in [0.29, 0.717) is 11.6 Å². The van der Waals surface area contributed by atoms with Gasteiger partial charge in [0.1, 0.15) is 0 Å². The van der Waals surface area contributed by atoms with Crippen LogP contribution in [0.1, 0.15) is 15.9 Å². The summed E-state index contributed by atoms with van der Waals surface area (Å²) in [6.45, 7) is 0. The number of rotatable bonds is 3. The minimum Gasteiger partial charge on any atom is -0.308 e. The maximum absolute atomic E-state index is 12.9. The molecule has 0 aliphatic carbocycles. The van der Waals surface area contributed by atoms with E-state index in [4.69, 9.17) is 11.6 Å². The zero-order chi connectivity index (χ0) is 20.3. The number of amides is 3. The van der Waals surface area contributed by atoms with Gasteiger partial charge in [-0.15, -0.1) is 10.2 Å². The van der Waals surface area contributed by atoms with E-state index in [1.165, 1.54) is 18.2 Å². The molecule has 3 amide bonds. The van der Waals surface area contributed by atoms with Crippen LogP contribution in [0.5, 0.6) is 0 Å². The van der Waals surface area contributed by atoms with Crippen LogP contribution in [0.15, 0.2) is 42.5 Å². The number of hydrogen-bond acceptors (Lipinski definition) is 5. The summed E-state index contributed by atoms with van der Waals surface area (Å²) in [5.74, 6) is -0.521. The predicted molar refractivity (Wildman–Crippen MR) is 92.6 cm³/mol. The zero-order valence-corrected chi connectivity index (χ0v) is 14.5. The Balaban J connectivity index is 1.70. The highest BCUT2D eigenvalue weighted by Crippen LogP contribution is 2.36. The molecule has 3 N–H and O–H groups in total. The summed E-state index contributed by atoms with van der Waals surface area (Å²) in [5, 5.41) is 16.9. The number of aromatic amines is 1. The van der Waals surface area contributed by atoms with Gasteiger partial charge in [0.05, 0.1) is 10.6 Å². The molecular weight excluding hydrogens is 401 g/mol. The van der Waals surface area contributed by atoms with Crippen molar-refractivity contribution in [2.24, 2.45) is 0 Å². The molecule has 0 saturated carbocycles. The number of benzene rings is 2. The van der Waals surface area contributed by atoms with Crippen molar-refractivity contribution in [1.29, 1.82) is 0 Å². The first-order chi connectivity index (χ1) is 13.2. The van der Waals surface area contributed by atoms with Crippen molar-refractivity contribution in [3.05, 3.63) is 58.6 Å². The predicted octanol–water partition coefficient (Wildman–Crippen LogP) is 3.50. The molecule has 3 aromatic rings. The van der Waals surface area contributed by atoms with Gasteiger partial charge in [-0.3, -0.25) is 10.1 Å². The second-order valence-electron chi connectivity index (χ2n) is 5.42. The van der Waals surface area contributed by atoms with E-state index in [1.807, 2.05) is 5.32 Å². The van der Waals surface area contributed by atoms with E-state index in [1.54, 1.807) is 12.1 Å². The number of aromatic nitrogens is 4. The van der Waals surface area contributed by atoms with Crippen LogP contribution in [-0.4, -0.2) is 32.6 Å². The number of carbonyl (C=O) groups is 2. The van der Waals surface area contributed by atoms with Gasteiger partial charge in [-0.2, -0.15) is 18.4 Å². The minimum absolute atomic E-state index is 0.115. The molecule has 0 saturated heterocycles. The van der Waals surface area contributed by atoms with E-state index in [9.17, 15) is 22.8 Å². The first-order valence-corrected chi connectivity index (χ1v) is 7.95. The number of halogens is 4. The summed E-state index contributed by atoms with van der Waals surface area (Å²) in [4.78, 5) is 24.2. The summed E-state index contributed by atoms with van der Waals surface area (Å²) < 4.78 is 38.6. The number of hydrogen-bond donors (Lipinski definition) is 3. The third-order valence-electron chi connectivity index (χ3n) is 3.48. The van der Waals surface area contributed by atoms with Crippen LogP contribution < -0.4 is 10.6 Å². The fourth-order valence-corrected chi connectivity index (χ4v) is 2.47. The molecular formula is C16H10ClF3N6O2. The number of nitrogens with one attached hydrogen (secondary N) is 3. The Hall–Kier alpha value is -3.47. The van der Waals surface area contributed by atoms with Gasteiger partial charge in [0, 0.05) is 16.8 Å². The first-order valence-electron chi connectivity index (χ1n) is 7.57. The van der Waals surface area contributed by atoms with Gasteiger partial charge in [-0.25, -0.2) is 4.79 Å². The molecule has 8 nitrogen and oxygen atoms in total. The van der Waals surface area contributed by atoms with Gasteiger partial charge in [-0.05, 0) is 35.5 Å². The smallest absolute Gasteiger partial charge is 0.308 e. The molecule has 0 aliphatic rings. The second kappa shape index (κ2) is 7.64. The van der Waals surface area contributed by atoms with Crippen LogP contribution >= 0.6 is 11.6 Å². The Morgan fingerprint density at radius 1 is 1.11 bits per heavy atom. The van der Waals surface area contributed by atoms with E-state index >= 15 is 0 Å². The quantitative estimate of drug-likeness (QED) is 0.611. The van der Waals surface area contributed by atoms with Crippen molar-refractivity contribution in [3.8, 4) is 11.4 Å². The van der Waals surface area contributed by atoms with Gasteiger partial charge in [0.15, 0.2) is 0 Å². The van der Waals surface area contributed by atoms with Gasteiger partial charge >= 0.3 is 12.2 Å². The average molecular weight is 411 g/mol. The Labute approximate surface area is 160 Å². The molecule has 3 rings (SSSR count). The standard InChI is InChI=1S/C16H10ClF3N6O2/c17-12-5-4-10(7-11(12)16(18,19)20)21-15(28)22-14(27)9-3-1-2-8(6-9)13-23-25-26-24-13/h1-7H,(H2,21,22,27,28)(H,23,24,25,26). The molecule has 144 valence electrons. The number of imide groups is 1. The average Bonchev–Trinajstić information content (AvgIpc) is 3.17. The van der Waals surface area contributed by atoms with Gasteiger partial charge in [0.2, 0.25) is 5.82 Å². The summed E-state index contributed by atoms with van der Waals surface area (Å²) in [6.07, 6.45) is -4.68. The molecule has 0 unspecified atom stereocenters. The maximum atomic E-state index is 12.9. The van der Waals surface area contributed by atoms with Crippen LogP contribution in [0.4, 0.5) is 23.7 Å². The SMILES string of the molecule is O=C(NC(=O)c1cccc(-c2nn[nH]n2)c1)Nc1ccc(Cl)c(C(F)(F)F)c1. The summed E-state index contributed by atoms with van der Waals surface area (Å²) in [6, 6.07) is 7.89. The second-order valence-corrected chi connectivity index (χ2v) is 5.82. The maximum Gasteiger partial charge on any atom is 0.417 e. The van der Waals surface area contributed by atoms with Gasteiger partial charge in [-0.1, -0.05) is 23.7 Å². The highest BCUT2D eigenvalue weighted by atomic mass is 35.5. The molecule has 0 aliphatic heterocycles. The van der Waals surface area contributed by atoms with Crippen molar-refractivity contribution in [3.63, 3.8) is 0 Å². The van der Waals surface area contributed by atoms with Crippen LogP contribution in [0.3, 0.4) is 0 Å². The van der Waals surface area contributed by atoms with Crippen molar-refractivity contribution < 1.29 is 22.8 Å². The lowest BCUT2D eigenvalue weighted by Crippen LogP contribution is -2.34. The number of anilines is 1. The summed E-state index contributed by atoms with van der Waals surface area (Å²) in [7, 11) is 0. The third kappa shape index (κ3) is 4.43. The molecule has 0 spiro atoms. The number of H-pyrrole nitrogens is 1. The first kappa shape index (κ1) is 19.3. The minimum atomic E-state index is -4.68. The van der Waals surface area contributed by atoms with E-state index in [2.05, 4.69) is 25.9 Å². The normalized spacial score (nSPS) is 11.1. The summed E-state index contributed by atoms with van der Waals surface area (Å²) in [5.41, 5.74) is -0.687. The third-order valence-corrected chi connectivity index (χ3v) is 3.81. The van der Waals surface area contributed by atoms with E-state index in [0.717, 1.165) is 6.07 Å². The van der Waals surface area contributed by atoms with Crippen molar-refractivity contribution in [2.75, 3.05) is 5.32 Å². The molecule has 12 heteroatoms. The number of nitrogens with zero attached hydrogens (tertiary/aromatic N) is 3. The Bertz CT molecular complexity index is 1020. The molecule has 0 bridgehead atoms. The zero-order valence-electron chi connectivity index (χ0n) is 13.7. The number of tetrazole rings is 1. The van der Waals surface area contributed by atoms with Crippen molar-refractivity contribution >= 4 is 29.2 Å². The van der Waals surface area contributed by atoms with Crippen LogP contribution in [-0.2, 0) is 6.18 Å². The monoisotopic (exact) mass is 410 g/mol. The molecule has 0 fully saturated rings. The lowest BCUT2D eigenvalue weighted by Gasteiger charge is -2.12. The Morgan fingerprint density at radius 2 is 1.89 bits per heavy atom. The van der Waals surface area contributed by atoms with Crippen LogP contribution in [0, 0.1) is 0 Å². The fourth-order valence-electron chi connectivity index (χ4n) is 2.24. The highest BCUT2D eigenvalue weighted by molar-refractivity contribution is 6.31. The molecule has 2 aromatic carbocycles. The van der Waals surface area contributed by atoms with Crippen molar-refractivity contribution in [2.45, 2.75) is 6.18 Å². The van der Waals surface area contributed by atoms with Crippen LogP contribution in [0.2, 0.25) is 5.02 Å². The summed E-state index contributed by atoms with van der Waals surface area (Å²) >= 11 is 5.52. The molecule has 28 heavy (non-hydrogen) atoms. The van der Waals surface area contributed by atoms with Crippen LogP contribution in [0.25, 0.3) is 11.4 Å². The van der Waals surface area contributed by atoms with Gasteiger partial charge in [0.25, 0.3) is 5.91 Å². The number of urea groups is 1. The Morgan fingerprint density at radius 3 is 2.57 bits per heavy atom. The lowest BCUT2D eigenvalue weighted by molar-refractivity contribution is -0.137. The Kier molecular flexibility index (Phi) is 5.27. The number of carbonyl (C=O) groups excluding carboxylic acids is 2. The highest BCUT2D eigenvalue weighted by Gasteiger charge is 2.33. The molecule has 0 atom stereocenters. The largest absolute Gasteiger partial charge is 0.417 e. The van der Waals surface area contributed by atoms with Gasteiger partial charge < -0.3 is 5.32 Å². The van der Waals surface area contributed by atoms with E-state index < -0.39 is 28.7 Å². The van der Waals surface area contributed by atoms with Crippen molar-refractivity contribution in [1.82, 2.24) is 25.9 Å². The molecule has 1 heterocycles. The topological polar surface area (TPSA) is 113 Å².